The van der Waals surface area contributed by atoms with Crippen molar-refractivity contribution in [1.29, 1.82) is 0 Å². The third kappa shape index (κ3) is 3.14. The molecule has 13 heavy (non-hydrogen) atoms. The van der Waals surface area contributed by atoms with E-state index in [9.17, 15) is 4.79 Å². The fourth-order valence-corrected chi connectivity index (χ4v) is 0.927. The first-order chi connectivity index (χ1) is 6.22. The van der Waals surface area contributed by atoms with E-state index in [1.54, 1.807) is 0 Å². The summed E-state index contributed by atoms with van der Waals surface area (Å²) >= 11 is 0. The van der Waals surface area contributed by atoms with Gasteiger partial charge in [0.25, 0.3) is 0 Å². The first-order valence-electron chi connectivity index (χ1n) is 3.94. The molecule has 0 aliphatic rings. The van der Waals surface area contributed by atoms with E-state index in [1.807, 2.05) is 34.9 Å². The lowest BCUT2D eigenvalue weighted by atomic mass is 10.7. The molecule has 0 atom stereocenters. The van der Waals surface area contributed by atoms with E-state index in [4.69, 9.17) is 4.74 Å². The molecule has 1 aromatic rings. The van der Waals surface area contributed by atoms with Crippen LogP contribution in [0, 0.1) is 0 Å². The second kappa shape index (κ2) is 4.49. The Hall–Kier alpha value is -1.52. The molecule has 0 radical (unpaired) electrons. The SMILES string of the molecule is COC(=O)OCCn1cc[n+](C)c1. The van der Waals surface area contributed by atoms with E-state index < -0.39 is 6.16 Å². The van der Waals surface area contributed by atoms with Crippen molar-refractivity contribution in [1.82, 2.24) is 4.57 Å². The van der Waals surface area contributed by atoms with Crippen LogP contribution in [-0.2, 0) is 23.1 Å². The number of methoxy groups -OCH3 is 1. The van der Waals surface area contributed by atoms with Crippen LogP contribution in [0.3, 0.4) is 0 Å². The van der Waals surface area contributed by atoms with E-state index in [0.717, 1.165) is 0 Å². The molecule has 1 heterocycles. The van der Waals surface area contributed by atoms with Gasteiger partial charge in [-0.1, -0.05) is 0 Å². The summed E-state index contributed by atoms with van der Waals surface area (Å²) in [6, 6.07) is 0. The molecule has 0 saturated heterocycles. The monoisotopic (exact) mass is 185 g/mol. The lowest BCUT2D eigenvalue weighted by Crippen LogP contribution is -2.24. The van der Waals surface area contributed by atoms with Gasteiger partial charge in [-0.25, -0.2) is 13.9 Å². The van der Waals surface area contributed by atoms with E-state index in [-0.39, 0.29) is 0 Å². The van der Waals surface area contributed by atoms with Gasteiger partial charge >= 0.3 is 6.16 Å². The van der Waals surface area contributed by atoms with Gasteiger partial charge in [0.05, 0.1) is 14.2 Å². The van der Waals surface area contributed by atoms with Crippen LogP contribution in [-0.4, -0.2) is 24.4 Å². The fraction of sp³-hybridized carbons (Fsp3) is 0.500. The number of ether oxygens (including phenoxy) is 2. The Morgan fingerprint density at radius 2 is 2.38 bits per heavy atom. The molecule has 0 bridgehead atoms. The number of imidazole rings is 1. The van der Waals surface area contributed by atoms with Crippen LogP contribution in [0.25, 0.3) is 0 Å². The molecular formula is C8H13N2O3+. The van der Waals surface area contributed by atoms with Gasteiger partial charge in [-0.15, -0.1) is 0 Å². The van der Waals surface area contributed by atoms with Crippen molar-refractivity contribution in [3.63, 3.8) is 0 Å². The van der Waals surface area contributed by atoms with Crippen molar-refractivity contribution in [2.24, 2.45) is 7.05 Å². The maximum atomic E-state index is 10.5. The van der Waals surface area contributed by atoms with Gasteiger partial charge in [0.1, 0.15) is 25.5 Å². The fourth-order valence-electron chi connectivity index (χ4n) is 0.927. The van der Waals surface area contributed by atoms with Crippen LogP contribution < -0.4 is 4.57 Å². The van der Waals surface area contributed by atoms with Crippen molar-refractivity contribution >= 4 is 6.16 Å². The van der Waals surface area contributed by atoms with E-state index >= 15 is 0 Å². The number of carbonyl (C=O) groups excluding carboxylic acids is 1. The highest BCUT2D eigenvalue weighted by atomic mass is 16.7. The highest BCUT2D eigenvalue weighted by molar-refractivity contribution is 5.59. The summed E-state index contributed by atoms with van der Waals surface area (Å²) in [7, 11) is 3.22. The van der Waals surface area contributed by atoms with Gasteiger partial charge in [0.15, 0.2) is 0 Å². The molecule has 0 saturated carbocycles. The average molecular weight is 185 g/mol. The summed E-state index contributed by atoms with van der Waals surface area (Å²) in [5.74, 6) is 0. The molecular weight excluding hydrogens is 172 g/mol. The Morgan fingerprint density at radius 3 is 2.92 bits per heavy atom. The Bertz CT molecular complexity index is 283. The van der Waals surface area contributed by atoms with E-state index in [2.05, 4.69) is 4.74 Å². The average Bonchev–Trinajstić information content (AvgIpc) is 2.51. The first kappa shape index (κ1) is 9.57. The Kier molecular flexibility index (Phi) is 3.31. The van der Waals surface area contributed by atoms with Crippen LogP contribution in [0.15, 0.2) is 18.7 Å². The molecule has 0 amide bonds. The molecule has 72 valence electrons. The van der Waals surface area contributed by atoms with Crippen LogP contribution in [0.2, 0.25) is 0 Å². The van der Waals surface area contributed by atoms with Crippen molar-refractivity contribution in [2.75, 3.05) is 13.7 Å². The van der Waals surface area contributed by atoms with Gasteiger partial charge < -0.3 is 9.47 Å². The summed E-state index contributed by atoms with van der Waals surface area (Å²) in [4.78, 5) is 10.5. The van der Waals surface area contributed by atoms with Gasteiger partial charge in [0, 0.05) is 0 Å². The topological polar surface area (TPSA) is 44.3 Å². The van der Waals surface area contributed by atoms with E-state index in [1.165, 1.54) is 7.11 Å². The highest BCUT2D eigenvalue weighted by Gasteiger charge is 2.03. The van der Waals surface area contributed by atoms with Crippen LogP contribution >= 0.6 is 0 Å². The summed E-state index contributed by atoms with van der Waals surface area (Å²) < 4.78 is 12.9. The van der Waals surface area contributed by atoms with Crippen LogP contribution in [0.5, 0.6) is 0 Å². The third-order valence-electron chi connectivity index (χ3n) is 1.56. The number of hydrogen-bond donors (Lipinski definition) is 0. The molecule has 5 nitrogen and oxygen atoms in total. The largest absolute Gasteiger partial charge is 0.508 e. The predicted molar refractivity (Wildman–Crippen MR) is 44.0 cm³/mol. The minimum absolute atomic E-state index is 0.321. The van der Waals surface area contributed by atoms with E-state index in [0.29, 0.717) is 13.2 Å². The molecule has 0 fully saturated rings. The predicted octanol–water partition coefficient (Wildman–Crippen LogP) is 0.0956. The first-order valence-corrected chi connectivity index (χ1v) is 3.94. The quantitative estimate of drug-likeness (QED) is 0.495. The lowest BCUT2D eigenvalue weighted by Gasteiger charge is -1.99. The smallest absolute Gasteiger partial charge is 0.438 e. The van der Waals surface area contributed by atoms with Crippen molar-refractivity contribution < 1.29 is 18.8 Å². The summed E-state index contributed by atoms with van der Waals surface area (Å²) in [6.45, 7) is 0.956. The molecule has 1 aromatic heterocycles. The number of nitrogens with zero attached hydrogens (tertiary/aromatic N) is 2. The molecule has 0 unspecified atom stereocenters. The molecule has 1 rings (SSSR count). The summed E-state index contributed by atoms with van der Waals surface area (Å²) in [6.07, 6.45) is 5.08. The third-order valence-corrected chi connectivity index (χ3v) is 1.56. The zero-order chi connectivity index (χ0) is 9.68. The van der Waals surface area contributed by atoms with Gasteiger partial charge in [-0.05, 0) is 0 Å². The normalized spacial score (nSPS) is 9.69. The van der Waals surface area contributed by atoms with Crippen molar-refractivity contribution in [3.8, 4) is 0 Å². The molecule has 0 spiro atoms. The minimum atomic E-state index is -0.642. The molecule has 5 heteroatoms. The van der Waals surface area contributed by atoms with Crippen molar-refractivity contribution in [2.45, 2.75) is 6.54 Å². The maximum absolute atomic E-state index is 10.5. The standard InChI is InChI=1S/C8H13N2O3/c1-9-3-4-10(7-9)5-6-13-8(11)12-2/h3-4,7H,5-6H2,1-2H3/q+1. The molecule has 0 aliphatic heterocycles. The van der Waals surface area contributed by atoms with Gasteiger partial charge in [-0.3, -0.25) is 0 Å². The van der Waals surface area contributed by atoms with Gasteiger partial charge in [-0.2, -0.15) is 0 Å². The molecule has 0 aromatic carbocycles. The van der Waals surface area contributed by atoms with Gasteiger partial charge in [0.2, 0.25) is 6.33 Å². The Morgan fingerprint density at radius 1 is 1.62 bits per heavy atom. The number of rotatable bonds is 3. The minimum Gasteiger partial charge on any atom is -0.438 e. The number of aromatic nitrogens is 2. The zero-order valence-corrected chi connectivity index (χ0v) is 7.77. The number of carbonyl (C=O) groups is 1. The molecule has 0 N–H and O–H groups in total. The number of hydrogen-bond acceptors (Lipinski definition) is 3. The summed E-state index contributed by atoms with van der Waals surface area (Å²) in [5, 5.41) is 0. The highest BCUT2D eigenvalue weighted by Crippen LogP contribution is 1.87. The Balaban J connectivity index is 2.24. The van der Waals surface area contributed by atoms with Crippen LogP contribution in [0.4, 0.5) is 4.79 Å². The second-order valence-electron chi connectivity index (χ2n) is 2.62. The maximum Gasteiger partial charge on any atom is 0.508 e. The lowest BCUT2D eigenvalue weighted by molar-refractivity contribution is -0.671. The Labute approximate surface area is 76.5 Å². The second-order valence-corrected chi connectivity index (χ2v) is 2.62. The van der Waals surface area contributed by atoms with Crippen molar-refractivity contribution in [3.05, 3.63) is 18.7 Å². The zero-order valence-electron chi connectivity index (χ0n) is 7.77. The van der Waals surface area contributed by atoms with Crippen LogP contribution in [0.1, 0.15) is 0 Å². The molecule has 0 aliphatic carbocycles. The summed E-state index contributed by atoms with van der Waals surface area (Å²) in [5.41, 5.74) is 0. The number of aryl methyl sites for hydroxylation is 1.